The molecule has 19 heavy (non-hydrogen) atoms. The Morgan fingerprint density at radius 1 is 1.32 bits per heavy atom. The molecule has 0 aliphatic heterocycles. The third-order valence-corrected chi connectivity index (χ3v) is 3.56. The van der Waals surface area contributed by atoms with Crippen molar-refractivity contribution < 1.29 is 9.90 Å². The number of hydrogen-bond donors (Lipinski definition) is 1. The van der Waals surface area contributed by atoms with Crippen LogP contribution in [0, 0.1) is 4.77 Å². The first-order valence-electron chi connectivity index (χ1n) is 6.15. The molecule has 0 saturated carbocycles. The Hall–Kier alpha value is -1.14. The van der Waals surface area contributed by atoms with Crippen LogP contribution < -0.4 is 5.56 Å². The summed E-state index contributed by atoms with van der Waals surface area (Å²) in [4.78, 5) is 24.2. The van der Waals surface area contributed by atoms with Gasteiger partial charge in [0.2, 0.25) is 5.88 Å². The van der Waals surface area contributed by atoms with Crippen molar-refractivity contribution in [1.82, 2.24) is 9.13 Å². The summed E-state index contributed by atoms with van der Waals surface area (Å²) in [6.07, 6.45) is 0.601. The fraction of sp³-hybridized carbons (Fsp3) is 0.583. The van der Waals surface area contributed by atoms with Crippen molar-refractivity contribution in [3.63, 3.8) is 0 Å². The smallest absolute Gasteiger partial charge is 0.269 e. The number of alkyl halides is 1. The van der Waals surface area contributed by atoms with Crippen molar-refractivity contribution in [3.05, 3.63) is 20.7 Å². The van der Waals surface area contributed by atoms with Crippen LogP contribution in [0.3, 0.4) is 0 Å². The summed E-state index contributed by atoms with van der Waals surface area (Å²) >= 11 is 10.7. The largest absolute Gasteiger partial charge is 0.494 e. The fourth-order valence-electron chi connectivity index (χ4n) is 1.85. The van der Waals surface area contributed by atoms with Crippen molar-refractivity contribution in [2.24, 2.45) is 0 Å². The molecule has 0 saturated heterocycles. The zero-order valence-corrected chi connectivity index (χ0v) is 12.6. The van der Waals surface area contributed by atoms with Gasteiger partial charge in [-0.3, -0.25) is 18.7 Å². The molecule has 0 aliphatic carbocycles. The van der Waals surface area contributed by atoms with E-state index in [0.29, 0.717) is 25.4 Å². The summed E-state index contributed by atoms with van der Waals surface area (Å²) in [5, 5.41) is 10.1. The summed E-state index contributed by atoms with van der Waals surface area (Å²) in [5.74, 6) is -0.411. The van der Waals surface area contributed by atoms with Gasteiger partial charge in [0, 0.05) is 25.4 Å². The zero-order valence-electron chi connectivity index (χ0n) is 11.0. The van der Waals surface area contributed by atoms with Crippen LogP contribution in [-0.4, -0.2) is 25.9 Å². The molecule has 106 valence electrons. The topological polar surface area (TPSA) is 64.2 Å². The van der Waals surface area contributed by atoms with E-state index >= 15 is 0 Å². The minimum absolute atomic E-state index is 0.135. The molecule has 0 spiro atoms. The van der Waals surface area contributed by atoms with E-state index in [1.54, 1.807) is 13.8 Å². The Kier molecular flexibility index (Phi) is 5.75. The number of Topliss-reactive ketones (excluding diaryl/α,β-unsaturated/α-hetero) is 1. The predicted octanol–water partition coefficient (Wildman–Crippen LogP) is 2.33. The van der Waals surface area contributed by atoms with Gasteiger partial charge in [0.1, 0.15) is 5.56 Å². The third-order valence-electron chi connectivity index (χ3n) is 2.85. The van der Waals surface area contributed by atoms with Crippen LogP contribution in [0.2, 0.25) is 0 Å². The summed E-state index contributed by atoms with van der Waals surface area (Å²) in [5.41, 5.74) is -0.725. The van der Waals surface area contributed by atoms with E-state index in [-0.39, 0.29) is 22.6 Å². The van der Waals surface area contributed by atoms with Crippen LogP contribution in [0.25, 0.3) is 0 Å². The number of aromatic hydroxyl groups is 1. The molecule has 1 aromatic rings. The summed E-state index contributed by atoms with van der Waals surface area (Å²) < 4.78 is 2.92. The van der Waals surface area contributed by atoms with Gasteiger partial charge in [-0.2, -0.15) is 0 Å². The number of carbonyl (C=O) groups is 1. The molecular formula is C12H17ClN2O3S. The van der Waals surface area contributed by atoms with Crippen molar-refractivity contribution in [3.8, 4) is 5.88 Å². The number of carbonyl (C=O) groups excluding carboxylic acids is 1. The van der Waals surface area contributed by atoms with E-state index in [1.807, 2.05) is 0 Å². The van der Waals surface area contributed by atoms with E-state index in [9.17, 15) is 14.7 Å². The highest BCUT2D eigenvalue weighted by Crippen LogP contribution is 2.17. The monoisotopic (exact) mass is 304 g/mol. The van der Waals surface area contributed by atoms with Crippen molar-refractivity contribution in [2.75, 3.05) is 5.88 Å². The van der Waals surface area contributed by atoms with Gasteiger partial charge < -0.3 is 5.11 Å². The maximum atomic E-state index is 12.2. The van der Waals surface area contributed by atoms with Crippen LogP contribution in [0.5, 0.6) is 5.88 Å². The number of hydrogen-bond acceptors (Lipinski definition) is 4. The highest BCUT2D eigenvalue weighted by molar-refractivity contribution is 7.71. The summed E-state index contributed by atoms with van der Waals surface area (Å²) in [6.45, 7) is 4.29. The second-order valence-electron chi connectivity index (χ2n) is 3.99. The molecule has 1 N–H and O–H groups in total. The normalized spacial score (nSPS) is 10.7. The van der Waals surface area contributed by atoms with Crippen LogP contribution in [-0.2, 0) is 13.1 Å². The van der Waals surface area contributed by atoms with E-state index < -0.39 is 11.3 Å². The second kappa shape index (κ2) is 6.86. The van der Waals surface area contributed by atoms with Crippen LogP contribution in [0.4, 0.5) is 0 Å². The Labute approximate surface area is 121 Å². The Morgan fingerprint density at radius 2 is 1.89 bits per heavy atom. The van der Waals surface area contributed by atoms with E-state index in [0.717, 1.165) is 0 Å². The quantitative estimate of drug-likeness (QED) is 0.498. The maximum Gasteiger partial charge on any atom is 0.269 e. The number of rotatable bonds is 6. The molecule has 0 fully saturated rings. The van der Waals surface area contributed by atoms with Gasteiger partial charge in [-0.25, -0.2) is 0 Å². The van der Waals surface area contributed by atoms with Crippen LogP contribution in [0.15, 0.2) is 4.79 Å². The van der Waals surface area contributed by atoms with Crippen LogP contribution >= 0.6 is 23.8 Å². The molecule has 5 nitrogen and oxygen atoms in total. The molecule has 0 atom stereocenters. The first kappa shape index (κ1) is 15.9. The zero-order chi connectivity index (χ0) is 14.6. The van der Waals surface area contributed by atoms with Gasteiger partial charge in [-0.1, -0.05) is 0 Å². The van der Waals surface area contributed by atoms with Crippen molar-refractivity contribution >= 4 is 29.6 Å². The first-order valence-corrected chi connectivity index (χ1v) is 7.09. The highest BCUT2D eigenvalue weighted by atomic mass is 35.5. The first-order chi connectivity index (χ1) is 8.99. The number of ketones is 1. The lowest BCUT2D eigenvalue weighted by molar-refractivity contribution is 0.0975. The maximum absolute atomic E-state index is 12.2. The van der Waals surface area contributed by atoms with Gasteiger partial charge in [0.15, 0.2) is 10.6 Å². The molecule has 7 heteroatoms. The van der Waals surface area contributed by atoms with Gasteiger partial charge in [-0.15, -0.1) is 11.6 Å². The molecule has 1 aromatic heterocycles. The molecule has 0 radical (unpaired) electrons. The van der Waals surface area contributed by atoms with Gasteiger partial charge in [0.05, 0.1) is 0 Å². The second-order valence-corrected chi connectivity index (χ2v) is 4.73. The molecule has 0 unspecified atom stereocenters. The lowest BCUT2D eigenvalue weighted by Crippen LogP contribution is -2.30. The molecule has 1 heterocycles. The molecule has 0 aromatic carbocycles. The fourth-order valence-corrected chi connectivity index (χ4v) is 2.41. The van der Waals surface area contributed by atoms with Gasteiger partial charge >= 0.3 is 0 Å². The van der Waals surface area contributed by atoms with E-state index in [4.69, 9.17) is 23.8 Å². The minimum atomic E-state index is -0.533. The van der Waals surface area contributed by atoms with Gasteiger partial charge in [-0.05, 0) is 32.5 Å². The molecule has 1 rings (SSSR count). The lowest BCUT2D eigenvalue weighted by atomic mass is 10.1. The number of halogens is 1. The van der Waals surface area contributed by atoms with Crippen molar-refractivity contribution in [2.45, 2.75) is 39.8 Å². The molecular weight excluding hydrogens is 288 g/mol. The summed E-state index contributed by atoms with van der Waals surface area (Å²) in [6, 6.07) is 0. The Balaban J connectivity index is 3.51. The van der Waals surface area contributed by atoms with E-state index in [1.165, 1.54) is 9.13 Å². The minimum Gasteiger partial charge on any atom is -0.494 e. The third kappa shape index (κ3) is 3.06. The molecule has 0 bridgehead atoms. The summed E-state index contributed by atoms with van der Waals surface area (Å²) in [7, 11) is 0. The van der Waals surface area contributed by atoms with Crippen molar-refractivity contribution in [1.29, 1.82) is 0 Å². The Bertz CT molecular complexity index is 592. The SMILES string of the molecule is CCn1c(O)c(C(=O)CCCCl)c(=O)n(CC)c1=S. The highest BCUT2D eigenvalue weighted by Gasteiger charge is 2.21. The predicted molar refractivity (Wildman–Crippen MR) is 76.8 cm³/mol. The van der Waals surface area contributed by atoms with E-state index in [2.05, 4.69) is 0 Å². The number of aromatic nitrogens is 2. The van der Waals surface area contributed by atoms with Crippen LogP contribution in [0.1, 0.15) is 37.0 Å². The molecule has 0 amide bonds. The lowest BCUT2D eigenvalue weighted by Gasteiger charge is -2.14. The molecule has 0 aliphatic rings. The van der Waals surface area contributed by atoms with Gasteiger partial charge in [0.25, 0.3) is 5.56 Å². The Morgan fingerprint density at radius 3 is 2.37 bits per heavy atom. The standard InChI is InChI=1S/C12H17ClN2O3S/c1-3-14-10(17)9(8(16)6-5-7-13)11(18)15(4-2)12(14)19/h17H,3-7H2,1-2H3. The number of nitrogens with zero attached hydrogens (tertiary/aromatic N) is 2. The average Bonchev–Trinajstić information content (AvgIpc) is 2.37. The average molecular weight is 305 g/mol.